The third-order valence-corrected chi connectivity index (χ3v) is 19.1. The Labute approximate surface area is 500 Å². The van der Waals surface area contributed by atoms with Gasteiger partial charge in [0.2, 0.25) is 0 Å². The predicted octanol–water partition coefficient (Wildman–Crippen LogP) is 23.6. The first-order valence-electron chi connectivity index (χ1n) is 31.2. The average molecular weight is 1110 g/mol. The first-order valence-corrected chi connectivity index (χ1v) is 31.2. The summed E-state index contributed by atoms with van der Waals surface area (Å²) in [5.41, 5.74) is 29.2. The second-order valence-electron chi connectivity index (χ2n) is 34.0. The standard InChI is InChI=1S/C80H92N4/c1-73(2,3)57-25-49-50-26-59(75(7,8)9)43-35-67(50)81-65(49)33-41(57)42-34-66-51(27-58(42)74(4,5)6)52-28-60(76(10,11)12)45(36-68(52)82-66)46-38-70-55(30-62(46)78(16,17)18)56-32-64(80(22,23)24)48(40-72(56)84-70)47-39-71-54(31-63(47)79(19,20)21)53-29-61(77(13,14)15)44(43)37-69(53)83-71/h25-40,81-84H,1-24H3. The van der Waals surface area contributed by atoms with Crippen LogP contribution in [0.4, 0.5) is 0 Å². The fourth-order valence-corrected chi connectivity index (χ4v) is 14.7. The van der Waals surface area contributed by atoms with Crippen molar-refractivity contribution in [2.75, 3.05) is 0 Å². The lowest BCUT2D eigenvalue weighted by Crippen LogP contribution is -2.17. The van der Waals surface area contributed by atoms with Crippen LogP contribution >= 0.6 is 0 Å². The van der Waals surface area contributed by atoms with Gasteiger partial charge in [0, 0.05) is 87.2 Å². The molecular weight excluding hydrogens is 1020 g/mol. The number of benzene rings is 8. The monoisotopic (exact) mass is 1110 g/mol. The van der Waals surface area contributed by atoms with Crippen LogP contribution in [0.3, 0.4) is 0 Å². The van der Waals surface area contributed by atoms with E-state index in [0.717, 1.165) is 44.1 Å². The van der Waals surface area contributed by atoms with Crippen molar-refractivity contribution in [3.8, 4) is 44.5 Å². The van der Waals surface area contributed by atoms with Gasteiger partial charge >= 0.3 is 0 Å². The van der Waals surface area contributed by atoms with E-state index in [-0.39, 0.29) is 43.3 Å². The van der Waals surface area contributed by atoms with Crippen LogP contribution in [0.5, 0.6) is 0 Å². The molecule has 0 fully saturated rings. The SMILES string of the molecule is CC(C)(C)c1cc2c3cc1-c1cc4[nH]c5cc(c(C(C)(C)C)cc5c4cc1C(C)(C)C)-c1cc4[nH]c5cc(c(C(C)(C)C)cc5c4cc1C(C)(C)C)-c1cc4[nH]c5cc(c(C(C)(C)C)cc5c4cc1C(C)(C)C)-c1cc([nH]3)c2cc1C(C)(C)C. The minimum atomic E-state index is -0.153. The van der Waals surface area contributed by atoms with E-state index in [2.05, 4.69) is 283 Å². The lowest BCUT2D eigenvalue weighted by Gasteiger charge is -2.29. The maximum atomic E-state index is 4.09. The van der Waals surface area contributed by atoms with Crippen molar-refractivity contribution in [3.63, 3.8) is 0 Å². The molecule has 12 aromatic rings. The van der Waals surface area contributed by atoms with E-state index >= 15 is 0 Å². The molecule has 84 heavy (non-hydrogen) atoms. The summed E-state index contributed by atoms with van der Waals surface area (Å²) >= 11 is 0. The van der Waals surface area contributed by atoms with Gasteiger partial charge in [-0.15, -0.1) is 0 Å². The number of aromatic nitrogens is 4. The second kappa shape index (κ2) is 17.3. The van der Waals surface area contributed by atoms with Gasteiger partial charge in [-0.05, 0) is 229 Å². The molecule has 0 saturated heterocycles. The minimum Gasteiger partial charge on any atom is -0.354 e. The van der Waals surface area contributed by atoms with E-state index in [1.54, 1.807) is 0 Å². The normalized spacial score (nSPS) is 14.2. The Morgan fingerprint density at radius 1 is 0.155 bits per heavy atom. The fourth-order valence-electron chi connectivity index (χ4n) is 14.7. The molecule has 0 amide bonds. The number of rotatable bonds is 0. The Balaban J connectivity index is 1.23. The maximum absolute atomic E-state index is 4.09. The Kier molecular flexibility index (Phi) is 11.6. The van der Waals surface area contributed by atoms with Gasteiger partial charge in [-0.3, -0.25) is 0 Å². The molecule has 4 N–H and O–H groups in total. The lowest BCUT2D eigenvalue weighted by molar-refractivity contribution is 0.585. The average Bonchev–Trinajstić information content (AvgIpc) is 1.52. The number of nitrogens with one attached hydrogen (secondary N) is 4. The van der Waals surface area contributed by atoms with Crippen LogP contribution in [-0.2, 0) is 43.3 Å². The molecule has 1 aliphatic rings. The highest BCUT2D eigenvalue weighted by molar-refractivity contribution is 6.16. The van der Waals surface area contributed by atoms with E-state index in [1.165, 1.54) is 132 Å². The summed E-state index contributed by atoms with van der Waals surface area (Å²) in [7, 11) is 0. The van der Waals surface area contributed by atoms with Crippen molar-refractivity contribution in [1.82, 2.24) is 19.9 Å². The smallest absolute Gasteiger partial charge is 0.0471 e. The van der Waals surface area contributed by atoms with Gasteiger partial charge < -0.3 is 19.9 Å². The van der Waals surface area contributed by atoms with E-state index < -0.39 is 0 Å². The van der Waals surface area contributed by atoms with E-state index in [0.29, 0.717) is 0 Å². The summed E-state index contributed by atoms with van der Waals surface area (Å²) in [6.07, 6.45) is 0. The maximum Gasteiger partial charge on any atom is 0.0471 e. The number of H-pyrrole nitrogens is 4. The summed E-state index contributed by atoms with van der Waals surface area (Å²) in [6, 6.07) is 40.2. The minimum absolute atomic E-state index is 0.153. The Bertz CT molecular complexity index is 3900. The Morgan fingerprint density at radius 2 is 0.250 bits per heavy atom. The zero-order valence-electron chi connectivity index (χ0n) is 55.2. The van der Waals surface area contributed by atoms with Crippen LogP contribution in [0.1, 0.15) is 211 Å². The molecule has 4 aromatic heterocycles. The molecule has 8 aromatic carbocycles. The lowest BCUT2D eigenvalue weighted by atomic mass is 9.74. The van der Waals surface area contributed by atoms with Gasteiger partial charge in [-0.25, -0.2) is 0 Å². The molecule has 13 rings (SSSR count). The van der Waals surface area contributed by atoms with E-state index in [9.17, 15) is 0 Å². The highest BCUT2D eigenvalue weighted by Gasteiger charge is 2.34. The molecule has 0 saturated carbocycles. The Hall–Kier alpha value is -7.04. The van der Waals surface area contributed by atoms with Crippen molar-refractivity contribution < 1.29 is 0 Å². The molecule has 0 aliphatic carbocycles. The summed E-state index contributed by atoms with van der Waals surface area (Å²) in [5, 5.41) is 10.2. The molecule has 0 spiro atoms. The van der Waals surface area contributed by atoms with E-state index in [1.807, 2.05) is 0 Å². The van der Waals surface area contributed by atoms with Gasteiger partial charge in [0.1, 0.15) is 0 Å². The topological polar surface area (TPSA) is 63.2 Å². The number of aromatic amines is 4. The third-order valence-electron chi connectivity index (χ3n) is 19.1. The highest BCUT2D eigenvalue weighted by Crippen LogP contribution is 2.52. The largest absolute Gasteiger partial charge is 0.354 e. The van der Waals surface area contributed by atoms with Crippen molar-refractivity contribution in [2.45, 2.75) is 209 Å². The van der Waals surface area contributed by atoms with Crippen molar-refractivity contribution in [3.05, 3.63) is 142 Å². The van der Waals surface area contributed by atoms with Crippen molar-refractivity contribution >= 4 is 87.2 Å². The van der Waals surface area contributed by atoms with Gasteiger partial charge in [0.05, 0.1) is 0 Å². The van der Waals surface area contributed by atoms with Gasteiger partial charge in [0.25, 0.3) is 0 Å². The zero-order chi connectivity index (χ0) is 60.6. The summed E-state index contributed by atoms with van der Waals surface area (Å²) < 4.78 is 0. The van der Waals surface area contributed by atoms with Gasteiger partial charge in [-0.1, -0.05) is 166 Å². The summed E-state index contributed by atoms with van der Waals surface area (Å²) in [4.78, 5) is 16.4. The molecule has 0 radical (unpaired) electrons. The van der Waals surface area contributed by atoms with Crippen LogP contribution in [0.15, 0.2) is 97.1 Å². The molecule has 4 nitrogen and oxygen atoms in total. The Morgan fingerprint density at radius 3 is 0.333 bits per heavy atom. The first-order chi connectivity index (χ1) is 38.6. The molecule has 5 heterocycles. The second-order valence-corrected chi connectivity index (χ2v) is 34.0. The van der Waals surface area contributed by atoms with Gasteiger partial charge in [-0.2, -0.15) is 0 Å². The summed E-state index contributed by atoms with van der Waals surface area (Å²) in [6.45, 7) is 57.4. The van der Waals surface area contributed by atoms with Crippen LogP contribution in [-0.4, -0.2) is 19.9 Å². The van der Waals surface area contributed by atoms with Crippen molar-refractivity contribution in [2.24, 2.45) is 0 Å². The number of fused-ring (bicyclic) bond motifs is 16. The summed E-state index contributed by atoms with van der Waals surface area (Å²) in [5.74, 6) is 0. The first kappa shape index (κ1) is 56.1. The molecule has 432 valence electrons. The molecule has 16 bridgehead atoms. The quantitative estimate of drug-likeness (QED) is 0.117. The van der Waals surface area contributed by atoms with Gasteiger partial charge in [0.15, 0.2) is 0 Å². The van der Waals surface area contributed by atoms with Crippen LogP contribution < -0.4 is 0 Å². The molecule has 0 atom stereocenters. The fraction of sp³-hybridized carbons (Fsp3) is 0.400. The predicted molar refractivity (Wildman–Crippen MR) is 369 cm³/mol. The highest BCUT2D eigenvalue weighted by atomic mass is 14.7. The van der Waals surface area contributed by atoms with E-state index in [4.69, 9.17) is 0 Å². The van der Waals surface area contributed by atoms with Crippen molar-refractivity contribution in [1.29, 1.82) is 0 Å². The molecule has 0 unspecified atom stereocenters. The zero-order valence-corrected chi connectivity index (χ0v) is 55.2. The third kappa shape index (κ3) is 8.71. The molecule has 1 aliphatic heterocycles. The molecular formula is C80H92N4. The van der Waals surface area contributed by atoms with Crippen LogP contribution in [0.2, 0.25) is 0 Å². The van der Waals surface area contributed by atoms with Crippen LogP contribution in [0.25, 0.3) is 132 Å². The number of hydrogen-bond donors (Lipinski definition) is 4. The molecule has 4 heteroatoms. The van der Waals surface area contributed by atoms with Crippen LogP contribution in [0, 0.1) is 0 Å². The number of hydrogen-bond acceptors (Lipinski definition) is 0.